The molecule has 0 radical (unpaired) electrons. The molecular weight excluding hydrogens is 476 g/mol. The monoisotopic (exact) mass is 510 g/mol. The summed E-state index contributed by atoms with van der Waals surface area (Å²) >= 11 is 0. The Morgan fingerprint density at radius 2 is 1.39 bits per heavy atom. The molecule has 0 saturated carbocycles. The minimum absolute atomic E-state index is 0.0246. The van der Waals surface area contributed by atoms with Gasteiger partial charge in [-0.2, -0.15) is 0 Å². The van der Waals surface area contributed by atoms with Crippen LogP contribution in [-0.2, 0) is 30.4 Å². The van der Waals surface area contributed by atoms with Gasteiger partial charge in [0, 0.05) is 12.8 Å². The lowest BCUT2D eigenvalue weighted by atomic mass is 10.0. The van der Waals surface area contributed by atoms with Gasteiger partial charge in [-0.05, 0) is 37.0 Å². The number of amides is 3. The van der Waals surface area contributed by atoms with Gasteiger partial charge in [-0.3, -0.25) is 19.2 Å². The summed E-state index contributed by atoms with van der Waals surface area (Å²) in [6, 6.07) is 0.401. The normalized spacial score (nSPS) is 15.2. The molecule has 36 heavy (non-hydrogen) atoms. The minimum atomic E-state index is -1.42. The van der Waals surface area contributed by atoms with E-state index in [1.54, 1.807) is 13.8 Å². The van der Waals surface area contributed by atoms with Crippen LogP contribution in [0, 0.1) is 5.92 Å². The standard InChI is InChI=1S/C23H34N4O9/c1-11(2)19(23(35)36)27-20(32)15(8-9-17(30)31)25-21(33)16(26-22(34)18(24)12(3)28)10-13-4-6-14(29)7-5-13/h4-7,11-12,15-16,18-19,28-29H,8-10,24H2,1-3H3,(H,25,33)(H,26,34)(H,27,32)(H,30,31)(H,35,36). The highest BCUT2D eigenvalue weighted by Crippen LogP contribution is 2.12. The zero-order valence-corrected chi connectivity index (χ0v) is 20.3. The van der Waals surface area contributed by atoms with E-state index >= 15 is 0 Å². The lowest BCUT2D eigenvalue weighted by Gasteiger charge is -2.26. The molecule has 0 aromatic heterocycles. The highest BCUT2D eigenvalue weighted by Gasteiger charge is 2.32. The summed E-state index contributed by atoms with van der Waals surface area (Å²) in [6.07, 6.45) is -2.16. The zero-order chi connectivity index (χ0) is 27.6. The first kappa shape index (κ1) is 30.3. The van der Waals surface area contributed by atoms with Crippen molar-refractivity contribution in [2.24, 2.45) is 11.7 Å². The van der Waals surface area contributed by atoms with Crippen molar-refractivity contribution in [2.45, 2.75) is 70.3 Å². The Morgan fingerprint density at radius 1 is 0.861 bits per heavy atom. The van der Waals surface area contributed by atoms with Crippen LogP contribution in [0.15, 0.2) is 24.3 Å². The van der Waals surface area contributed by atoms with Gasteiger partial charge in [0.15, 0.2) is 0 Å². The highest BCUT2D eigenvalue weighted by atomic mass is 16.4. The third-order valence-electron chi connectivity index (χ3n) is 5.34. The van der Waals surface area contributed by atoms with Crippen molar-refractivity contribution in [3.05, 3.63) is 29.8 Å². The van der Waals surface area contributed by atoms with Crippen molar-refractivity contribution in [3.8, 4) is 5.75 Å². The molecule has 0 aliphatic heterocycles. The number of nitrogens with one attached hydrogen (secondary N) is 3. The Labute approximate surface area is 208 Å². The fraction of sp³-hybridized carbons (Fsp3) is 0.522. The first-order chi connectivity index (χ1) is 16.7. The average Bonchev–Trinajstić information content (AvgIpc) is 2.79. The lowest BCUT2D eigenvalue weighted by molar-refractivity contribution is -0.144. The van der Waals surface area contributed by atoms with Gasteiger partial charge in [0.2, 0.25) is 17.7 Å². The Balaban J connectivity index is 3.17. The second-order valence-electron chi connectivity index (χ2n) is 8.76. The van der Waals surface area contributed by atoms with Crippen molar-refractivity contribution in [3.63, 3.8) is 0 Å². The molecule has 0 saturated heterocycles. The number of hydrogen-bond acceptors (Lipinski definition) is 8. The second kappa shape index (κ2) is 14.0. The quantitative estimate of drug-likeness (QED) is 0.147. The molecule has 3 amide bonds. The van der Waals surface area contributed by atoms with E-state index in [-0.39, 0.29) is 18.6 Å². The van der Waals surface area contributed by atoms with Crippen LogP contribution in [0.1, 0.15) is 39.2 Å². The van der Waals surface area contributed by atoms with Gasteiger partial charge in [-0.1, -0.05) is 26.0 Å². The molecule has 0 fully saturated rings. The van der Waals surface area contributed by atoms with Crippen LogP contribution in [-0.4, -0.2) is 80.4 Å². The molecule has 0 spiro atoms. The van der Waals surface area contributed by atoms with Gasteiger partial charge in [0.05, 0.1) is 6.10 Å². The molecule has 0 bridgehead atoms. The summed E-state index contributed by atoms with van der Waals surface area (Å²) < 4.78 is 0. The van der Waals surface area contributed by atoms with Crippen LogP contribution in [0.5, 0.6) is 5.75 Å². The predicted molar refractivity (Wildman–Crippen MR) is 127 cm³/mol. The van der Waals surface area contributed by atoms with Crippen LogP contribution >= 0.6 is 0 Å². The minimum Gasteiger partial charge on any atom is -0.508 e. The lowest BCUT2D eigenvalue weighted by Crippen LogP contribution is -2.59. The number of nitrogens with two attached hydrogens (primary N) is 1. The van der Waals surface area contributed by atoms with Crippen LogP contribution in [0.2, 0.25) is 0 Å². The molecule has 200 valence electrons. The maximum Gasteiger partial charge on any atom is 0.326 e. The van der Waals surface area contributed by atoms with Crippen LogP contribution in [0.25, 0.3) is 0 Å². The number of carboxylic acids is 2. The number of benzene rings is 1. The number of rotatable bonds is 14. The van der Waals surface area contributed by atoms with Crippen molar-refractivity contribution in [2.75, 3.05) is 0 Å². The van der Waals surface area contributed by atoms with E-state index in [2.05, 4.69) is 16.0 Å². The maximum absolute atomic E-state index is 13.1. The molecule has 0 aliphatic rings. The van der Waals surface area contributed by atoms with Gasteiger partial charge in [0.25, 0.3) is 0 Å². The Morgan fingerprint density at radius 3 is 1.86 bits per heavy atom. The average molecular weight is 511 g/mol. The van der Waals surface area contributed by atoms with Gasteiger partial charge in [-0.25, -0.2) is 4.79 Å². The first-order valence-electron chi connectivity index (χ1n) is 11.3. The fourth-order valence-corrected chi connectivity index (χ4v) is 3.14. The Bertz CT molecular complexity index is 934. The largest absolute Gasteiger partial charge is 0.508 e. The smallest absolute Gasteiger partial charge is 0.326 e. The summed E-state index contributed by atoms with van der Waals surface area (Å²) in [6.45, 7) is 4.43. The summed E-state index contributed by atoms with van der Waals surface area (Å²) in [7, 11) is 0. The molecule has 5 unspecified atom stereocenters. The molecule has 5 atom stereocenters. The van der Waals surface area contributed by atoms with E-state index in [4.69, 9.17) is 10.8 Å². The molecule has 0 aliphatic carbocycles. The maximum atomic E-state index is 13.1. The molecule has 9 N–H and O–H groups in total. The van der Waals surface area contributed by atoms with Crippen LogP contribution < -0.4 is 21.7 Å². The number of aliphatic hydroxyl groups excluding tert-OH is 1. The molecule has 0 heterocycles. The van der Waals surface area contributed by atoms with Crippen molar-refractivity contribution in [1.82, 2.24) is 16.0 Å². The SMILES string of the molecule is CC(C)C(NC(=O)C(CCC(=O)O)NC(=O)C(Cc1ccc(O)cc1)NC(=O)C(N)C(C)O)C(=O)O. The molecule has 1 rings (SSSR count). The number of aliphatic carboxylic acids is 2. The highest BCUT2D eigenvalue weighted by molar-refractivity contribution is 5.94. The van der Waals surface area contributed by atoms with E-state index in [0.29, 0.717) is 5.56 Å². The number of hydrogen-bond donors (Lipinski definition) is 8. The zero-order valence-electron chi connectivity index (χ0n) is 20.3. The number of phenolic OH excluding ortho intramolecular Hbond substituents is 1. The van der Waals surface area contributed by atoms with Crippen LogP contribution in [0.3, 0.4) is 0 Å². The fourth-order valence-electron chi connectivity index (χ4n) is 3.14. The van der Waals surface area contributed by atoms with E-state index in [9.17, 15) is 39.3 Å². The molecule has 1 aromatic rings. The summed E-state index contributed by atoms with van der Waals surface area (Å²) in [5.74, 6) is -5.67. The number of phenols is 1. The molecule has 1 aromatic carbocycles. The number of carboxylic acid groups (broad SMARTS) is 2. The van der Waals surface area contributed by atoms with Crippen molar-refractivity contribution >= 4 is 29.7 Å². The Hall–Kier alpha value is -3.71. The van der Waals surface area contributed by atoms with Gasteiger partial charge in [0.1, 0.15) is 29.9 Å². The Kier molecular flexibility index (Phi) is 11.8. The summed E-state index contributed by atoms with van der Waals surface area (Å²) in [5, 5.41) is 44.6. The molecule has 13 nitrogen and oxygen atoms in total. The van der Waals surface area contributed by atoms with Gasteiger partial charge in [-0.15, -0.1) is 0 Å². The van der Waals surface area contributed by atoms with E-state index < -0.39 is 72.3 Å². The number of aliphatic hydroxyl groups is 1. The number of carbonyl (C=O) groups excluding carboxylic acids is 3. The first-order valence-corrected chi connectivity index (χ1v) is 11.3. The third kappa shape index (κ3) is 9.88. The van der Waals surface area contributed by atoms with E-state index in [1.165, 1.54) is 31.2 Å². The summed E-state index contributed by atoms with van der Waals surface area (Å²) in [5.41, 5.74) is 6.18. The second-order valence-corrected chi connectivity index (χ2v) is 8.76. The predicted octanol–water partition coefficient (Wildman–Crippen LogP) is -1.30. The number of carbonyl (C=O) groups is 5. The van der Waals surface area contributed by atoms with Crippen molar-refractivity contribution < 1.29 is 44.4 Å². The van der Waals surface area contributed by atoms with Crippen LogP contribution in [0.4, 0.5) is 0 Å². The van der Waals surface area contributed by atoms with E-state index in [1.807, 2.05) is 0 Å². The summed E-state index contributed by atoms with van der Waals surface area (Å²) in [4.78, 5) is 60.9. The number of aromatic hydroxyl groups is 1. The van der Waals surface area contributed by atoms with Crippen molar-refractivity contribution in [1.29, 1.82) is 0 Å². The molecular formula is C23H34N4O9. The third-order valence-corrected chi connectivity index (χ3v) is 5.34. The molecule has 13 heteroatoms. The van der Waals surface area contributed by atoms with Gasteiger partial charge >= 0.3 is 11.9 Å². The van der Waals surface area contributed by atoms with Gasteiger partial charge < -0.3 is 42.1 Å². The topological polar surface area (TPSA) is 228 Å². The van der Waals surface area contributed by atoms with E-state index in [0.717, 1.165) is 0 Å².